The summed E-state index contributed by atoms with van der Waals surface area (Å²) in [6.07, 6.45) is -0.0450. The molecule has 26 heavy (non-hydrogen) atoms. The third-order valence-corrected chi connectivity index (χ3v) is 4.25. The second-order valence-electron chi connectivity index (χ2n) is 6.41. The number of rotatable bonds is 5. The minimum absolute atomic E-state index is 0.121. The Kier molecular flexibility index (Phi) is 5.37. The molecule has 0 fully saturated rings. The largest absolute Gasteiger partial charge is 0.445 e. The van der Waals surface area contributed by atoms with Crippen LogP contribution in [0.5, 0.6) is 0 Å². The van der Waals surface area contributed by atoms with E-state index in [2.05, 4.69) is 10.3 Å². The number of fused-ring (bicyclic) bond motifs is 1. The normalized spacial score (nSPS) is 10.7. The highest BCUT2D eigenvalue weighted by Gasteiger charge is 2.07. The summed E-state index contributed by atoms with van der Waals surface area (Å²) in [5.41, 5.74) is 4.51. The molecule has 1 amide bonds. The average molecular weight is 350 g/mol. The number of hydrogen-bond acceptors (Lipinski definition) is 3. The number of carbonyl (C=O) groups is 1. The van der Waals surface area contributed by atoms with E-state index >= 15 is 0 Å². The van der Waals surface area contributed by atoms with Crippen molar-refractivity contribution in [1.29, 1.82) is 0 Å². The Morgan fingerprint density at radius 2 is 1.88 bits per heavy atom. The van der Waals surface area contributed by atoms with E-state index < -0.39 is 6.09 Å². The summed E-state index contributed by atoms with van der Waals surface area (Å²) < 4.78 is 5.16. The molecule has 5 heteroatoms. The van der Waals surface area contributed by atoms with Crippen molar-refractivity contribution in [2.45, 2.75) is 26.9 Å². The number of hydrogen-bond donors (Lipinski definition) is 2. The maximum Gasteiger partial charge on any atom is 0.407 e. The number of alkyl carbamates (subject to hydrolysis) is 1. The van der Waals surface area contributed by atoms with Crippen LogP contribution >= 0.6 is 0 Å². The maximum absolute atomic E-state index is 12.3. The number of H-pyrrole nitrogens is 1. The highest BCUT2D eigenvalue weighted by atomic mass is 16.5. The predicted octanol–water partition coefficient (Wildman–Crippen LogP) is 3.61. The number of amides is 1. The van der Waals surface area contributed by atoms with Crippen molar-refractivity contribution in [3.8, 4) is 0 Å². The Morgan fingerprint density at radius 1 is 1.12 bits per heavy atom. The number of ether oxygens (including phenoxy) is 1. The monoisotopic (exact) mass is 350 g/mol. The van der Waals surface area contributed by atoms with Crippen LogP contribution in [0.4, 0.5) is 4.79 Å². The molecule has 2 N–H and O–H groups in total. The Balaban J connectivity index is 1.58. The Morgan fingerprint density at radius 3 is 2.65 bits per heavy atom. The molecule has 5 nitrogen and oxygen atoms in total. The first-order chi connectivity index (χ1) is 12.5. The number of nitrogens with one attached hydrogen (secondary N) is 2. The minimum Gasteiger partial charge on any atom is -0.445 e. The molecule has 0 saturated carbocycles. The van der Waals surface area contributed by atoms with Gasteiger partial charge in [0, 0.05) is 12.1 Å². The molecule has 0 aliphatic carbocycles. The smallest absolute Gasteiger partial charge is 0.407 e. The maximum atomic E-state index is 12.3. The first-order valence-electron chi connectivity index (χ1n) is 8.60. The summed E-state index contributed by atoms with van der Waals surface area (Å²) in [4.78, 5) is 27.0. The molecule has 0 bridgehead atoms. The molecule has 0 spiro atoms. The molecule has 1 aromatic heterocycles. The number of carbonyl (C=O) groups excluding carboxylic acids is 1. The zero-order valence-electron chi connectivity index (χ0n) is 15.0. The lowest BCUT2D eigenvalue weighted by Gasteiger charge is -2.09. The highest BCUT2D eigenvalue weighted by Crippen LogP contribution is 2.18. The summed E-state index contributed by atoms with van der Waals surface area (Å²) in [6.45, 7) is 4.57. The summed E-state index contributed by atoms with van der Waals surface area (Å²) in [5.74, 6) is 0. The fourth-order valence-electron chi connectivity index (χ4n) is 2.99. The average Bonchev–Trinajstić information content (AvgIpc) is 2.62. The summed E-state index contributed by atoms with van der Waals surface area (Å²) >= 11 is 0. The van der Waals surface area contributed by atoms with E-state index in [1.54, 1.807) is 0 Å². The SMILES string of the molecule is Cc1cc(C)c2[nH]c(=O)c(CCNC(=O)OCc3ccccc3)cc2c1. The van der Waals surface area contributed by atoms with Crippen LogP contribution in [0.2, 0.25) is 0 Å². The van der Waals surface area contributed by atoms with Crippen molar-refractivity contribution in [3.05, 3.63) is 81.1 Å². The van der Waals surface area contributed by atoms with E-state index in [9.17, 15) is 9.59 Å². The zero-order valence-corrected chi connectivity index (χ0v) is 15.0. The number of aromatic nitrogens is 1. The molecule has 1 heterocycles. The van der Waals surface area contributed by atoms with E-state index in [0.717, 1.165) is 27.6 Å². The van der Waals surface area contributed by atoms with Crippen molar-refractivity contribution in [3.63, 3.8) is 0 Å². The van der Waals surface area contributed by atoms with E-state index in [-0.39, 0.29) is 12.2 Å². The van der Waals surface area contributed by atoms with Crippen LogP contribution in [0, 0.1) is 13.8 Å². The highest BCUT2D eigenvalue weighted by molar-refractivity contribution is 5.82. The van der Waals surface area contributed by atoms with Gasteiger partial charge in [0.25, 0.3) is 5.56 Å². The summed E-state index contributed by atoms with van der Waals surface area (Å²) in [5, 5.41) is 3.69. The van der Waals surface area contributed by atoms with Gasteiger partial charge in [0.2, 0.25) is 0 Å². The molecule has 3 aromatic rings. The predicted molar refractivity (Wildman–Crippen MR) is 102 cm³/mol. The van der Waals surface area contributed by atoms with Gasteiger partial charge < -0.3 is 15.0 Å². The van der Waals surface area contributed by atoms with Crippen LogP contribution in [0.15, 0.2) is 53.3 Å². The lowest BCUT2D eigenvalue weighted by molar-refractivity contribution is 0.140. The van der Waals surface area contributed by atoms with Crippen LogP contribution in [0.1, 0.15) is 22.3 Å². The van der Waals surface area contributed by atoms with Gasteiger partial charge in [0.05, 0.1) is 5.52 Å². The van der Waals surface area contributed by atoms with Gasteiger partial charge in [-0.25, -0.2) is 4.79 Å². The Hall–Kier alpha value is -3.08. The Bertz CT molecular complexity index is 978. The van der Waals surface area contributed by atoms with E-state index in [0.29, 0.717) is 18.5 Å². The van der Waals surface area contributed by atoms with Crippen molar-refractivity contribution in [2.24, 2.45) is 0 Å². The van der Waals surface area contributed by atoms with Gasteiger partial charge in [-0.2, -0.15) is 0 Å². The molecule has 3 rings (SSSR count). The van der Waals surface area contributed by atoms with Gasteiger partial charge in [0.15, 0.2) is 0 Å². The van der Waals surface area contributed by atoms with Crippen molar-refractivity contribution >= 4 is 17.0 Å². The van der Waals surface area contributed by atoms with Gasteiger partial charge in [-0.1, -0.05) is 42.0 Å². The second kappa shape index (κ2) is 7.87. The molecule has 0 radical (unpaired) electrons. The van der Waals surface area contributed by atoms with Crippen LogP contribution in [0.25, 0.3) is 10.9 Å². The van der Waals surface area contributed by atoms with Gasteiger partial charge in [0.1, 0.15) is 6.61 Å². The lowest BCUT2D eigenvalue weighted by Crippen LogP contribution is -2.28. The van der Waals surface area contributed by atoms with Gasteiger partial charge in [-0.05, 0) is 48.9 Å². The van der Waals surface area contributed by atoms with Crippen LogP contribution in [-0.2, 0) is 17.8 Å². The van der Waals surface area contributed by atoms with Crippen molar-refractivity contribution in [2.75, 3.05) is 6.54 Å². The standard InChI is InChI=1S/C21H22N2O3/c1-14-10-15(2)19-18(11-14)12-17(20(24)23-19)8-9-22-21(25)26-13-16-6-4-3-5-7-16/h3-7,10-12H,8-9,13H2,1-2H3,(H,22,25)(H,23,24). The van der Waals surface area contributed by atoms with Crippen LogP contribution in [0.3, 0.4) is 0 Å². The number of aromatic amines is 1. The van der Waals surface area contributed by atoms with Crippen molar-refractivity contribution in [1.82, 2.24) is 10.3 Å². The fraction of sp³-hybridized carbons (Fsp3) is 0.238. The number of benzene rings is 2. The topological polar surface area (TPSA) is 71.2 Å². The molecule has 134 valence electrons. The molecular formula is C21H22N2O3. The number of aryl methyl sites for hydroxylation is 2. The van der Waals surface area contributed by atoms with Crippen molar-refractivity contribution < 1.29 is 9.53 Å². The molecule has 0 aliphatic heterocycles. The molecule has 0 atom stereocenters. The quantitative estimate of drug-likeness (QED) is 0.738. The summed E-state index contributed by atoms with van der Waals surface area (Å²) in [6, 6.07) is 15.5. The first kappa shape index (κ1) is 17.7. The van der Waals surface area contributed by atoms with E-state index in [1.807, 2.05) is 62.4 Å². The minimum atomic E-state index is -0.488. The third-order valence-electron chi connectivity index (χ3n) is 4.25. The molecular weight excluding hydrogens is 328 g/mol. The lowest BCUT2D eigenvalue weighted by atomic mass is 10.0. The van der Waals surface area contributed by atoms with Gasteiger partial charge in [-0.3, -0.25) is 4.79 Å². The van der Waals surface area contributed by atoms with E-state index in [4.69, 9.17) is 4.74 Å². The van der Waals surface area contributed by atoms with Crippen LogP contribution in [-0.4, -0.2) is 17.6 Å². The number of pyridine rings is 1. The summed E-state index contributed by atoms with van der Waals surface area (Å²) in [7, 11) is 0. The molecule has 0 saturated heterocycles. The fourth-order valence-corrected chi connectivity index (χ4v) is 2.99. The second-order valence-corrected chi connectivity index (χ2v) is 6.41. The molecule has 0 unspecified atom stereocenters. The molecule has 0 aliphatic rings. The first-order valence-corrected chi connectivity index (χ1v) is 8.60. The zero-order chi connectivity index (χ0) is 18.5. The Labute approximate surface area is 152 Å². The third kappa shape index (κ3) is 4.30. The van der Waals surface area contributed by atoms with E-state index in [1.165, 1.54) is 0 Å². The van der Waals surface area contributed by atoms with Crippen LogP contribution < -0.4 is 10.9 Å². The van der Waals surface area contributed by atoms with Gasteiger partial charge >= 0.3 is 6.09 Å². The molecule has 2 aromatic carbocycles. The van der Waals surface area contributed by atoms with Gasteiger partial charge in [-0.15, -0.1) is 0 Å².